The quantitative estimate of drug-likeness (QED) is 0.226. The summed E-state index contributed by atoms with van der Waals surface area (Å²) in [5, 5.41) is 7.35. The van der Waals surface area contributed by atoms with E-state index in [1.807, 2.05) is 54.6 Å². The number of nitrogens with two attached hydrogens (primary N) is 1. The van der Waals surface area contributed by atoms with Gasteiger partial charge in [0.2, 0.25) is 0 Å². The van der Waals surface area contributed by atoms with E-state index in [1.54, 1.807) is 18.1 Å². The highest BCUT2D eigenvalue weighted by Crippen LogP contribution is 2.28. The molecule has 0 bridgehead atoms. The molecule has 3 aromatic rings. The van der Waals surface area contributed by atoms with Crippen LogP contribution >= 0.6 is 35.1 Å². The van der Waals surface area contributed by atoms with Crippen molar-refractivity contribution in [3.8, 4) is 0 Å². The summed E-state index contributed by atoms with van der Waals surface area (Å²) in [4.78, 5) is 20.4. The summed E-state index contributed by atoms with van der Waals surface area (Å²) < 4.78 is 2.33. The number of piperazine rings is 1. The number of hydrogen-bond donors (Lipinski definition) is 3. The fraction of sp³-hybridized carbons (Fsp3) is 0.333. The van der Waals surface area contributed by atoms with E-state index in [0.717, 1.165) is 68.5 Å². The summed E-state index contributed by atoms with van der Waals surface area (Å²) in [5.41, 5.74) is 8.13. The molecule has 4 N–H and O–H groups in total. The Morgan fingerprint density at radius 1 is 0.973 bits per heavy atom. The second-order valence-corrected chi connectivity index (χ2v) is 10.8. The van der Waals surface area contributed by atoms with Crippen LogP contribution in [0.25, 0.3) is 0 Å². The first kappa shape index (κ1) is 27.7. The number of hydrogen-bond acceptors (Lipinski definition) is 7. The second kappa shape index (κ2) is 14.0. The van der Waals surface area contributed by atoms with Gasteiger partial charge in [-0.2, -0.15) is 0 Å². The molecule has 196 valence electrons. The number of benzene rings is 2. The zero-order valence-corrected chi connectivity index (χ0v) is 23.0. The Morgan fingerprint density at radius 2 is 1.70 bits per heavy atom. The molecule has 0 radical (unpaired) electrons. The van der Waals surface area contributed by atoms with Crippen molar-refractivity contribution in [2.45, 2.75) is 17.7 Å². The van der Waals surface area contributed by atoms with Crippen LogP contribution in [0.5, 0.6) is 0 Å². The molecule has 1 fully saturated rings. The van der Waals surface area contributed by atoms with Gasteiger partial charge in [-0.05, 0) is 86.4 Å². The van der Waals surface area contributed by atoms with Crippen molar-refractivity contribution < 1.29 is 4.79 Å². The molecule has 1 aliphatic rings. The number of nitrogens with one attached hydrogen (secondary N) is 2. The minimum atomic E-state index is -0.111. The number of anilines is 2. The maximum Gasteiger partial charge on any atom is 0.255 e. The average molecular weight is 560 g/mol. The highest BCUT2D eigenvalue weighted by atomic mass is 35.5. The van der Waals surface area contributed by atoms with Crippen molar-refractivity contribution in [1.82, 2.24) is 14.6 Å². The van der Waals surface area contributed by atoms with Crippen LogP contribution in [0.1, 0.15) is 22.3 Å². The fourth-order valence-corrected chi connectivity index (χ4v) is 5.10. The molecule has 0 saturated carbocycles. The lowest BCUT2D eigenvalue weighted by atomic mass is 10.1. The van der Waals surface area contributed by atoms with Gasteiger partial charge in [0, 0.05) is 54.6 Å². The number of carbonyl (C=O) groups excluding carboxylic acids is 1. The van der Waals surface area contributed by atoms with Gasteiger partial charge >= 0.3 is 0 Å². The lowest BCUT2D eigenvalue weighted by molar-refractivity contribution is 0.102. The third-order valence-electron chi connectivity index (χ3n) is 6.07. The lowest BCUT2D eigenvalue weighted by Crippen LogP contribution is -2.43. The number of carbonyl (C=O) groups is 1. The van der Waals surface area contributed by atoms with Crippen molar-refractivity contribution >= 4 is 52.6 Å². The Morgan fingerprint density at radius 3 is 2.38 bits per heavy atom. The second-order valence-electron chi connectivity index (χ2n) is 8.78. The van der Waals surface area contributed by atoms with Crippen molar-refractivity contribution in [2.75, 3.05) is 56.0 Å². The minimum Gasteiger partial charge on any atom is -0.354 e. The van der Waals surface area contributed by atoms with Crippen LogP contribution < -0.4 is 21.3 Å². The van der Waals surface area contributed by atoms with E-state index >= 15 is 0 Å². The molecule has 37 heavy (non-hydrogen) atoms. The third-order valence-corrected chi connectivity index (χ3v) is 7.88. The Balaban J connectivity index is 1.21. The van der Waals surface area contributed by atoms with Crippen LogP contribution in [0.15, 0.2) is 65.7 Å². The first-order valence-corrected chi connectivity index (χ1v) is 13.9. The zero-order chi connectivity index (χ0) is 26.0. The molecule has 1 aliphatic heterocycles. The van der Waals surface area contributed by atoms with Gasteiger partial charge < -0.3 is 21.3 Å². The lowest BCUT2D eigenvalue weighted by Gasteiger charge is -2.34. The van der Waals surface area contributed by atoms with E-state index in [9.17, 15) is 4.79 Å². The number of pyridine rings is 1. The number of amides is 1. The predicted octanol–water partition coefficient (Wildman–Crippen LogP) is 4.95. The first-order chi connectivity index (χ1) is 18.0. The van der Waals surface area contributed by atoms with Crippen LogP contribution in [-0.2, 0) is 6.42 Å². The van der Waals surface area contributed by atoms with E-state index < -0.39 is 0 Å². The zero-order valence-electron chi connectivity index (χ0n) is 20.6. The molecular formula is C27H32Cl2N6OS. The standard InChI is InChI=1S/C27H32Cl2N6OS/c28-24-18-26(32-19-25(24)29)34-14-16-35(17-15-34)37-23-8-6-22(7-9-23)33-27(36)21-4-2-20(3-5-21)10-13-31-12-1-11-30/h2-9,18-19,31H,1,10-17,30H2,(H,33,36). The summed E-state index contributed by atoms with van der Waals surface area (Å²) in [6.45, 7) is 6.04. The first-order valence-electron chi connectivity index (χ1n) is 12.4. The Hall–Kier alpha value is -2.33. The van der Waals surface area contributed by atoms with Crippen LogP contribution in [0.2, 0.25) is 10.0 Å². The SMILES string of the molecule is NCCCNCCc1ccc(C(=O)Nc2ccc(SN3CCN(c4cc(Cl)c(Cl)cn4)CC3)cc2)cc1. The third kappa shape index (κ3) is 8.33. The number of rotatable bonds is 11. The maximum absolute atomic E-state index is 12.7. The van der Waals surface area contributed by atoms with Crippen LogP contribution in [-0.4, -0.2) is 61.0 Å². The highest BCUT2D eigenvalue weighted by Gasteiger charge is 2.19. The monoisotopic (exact) mass is 558 g/mol. The van der Waals surface area contributed by atoms with E-state index in [4.69, 9.17) is 28.9 Å². The van der Waals surface area contributed by atoms with Gasteiger partial charge in [0.1, 0.15) is 5.82 Å². The van der Waals surface area contributed by atoms with Crippen molar-refractivity contribution in [2.24, 2.45) is 5.73 Å². The van der Waals surface area contributed by atoms with Gasteiger partial charge in [-0.25, -0.2) is 9.29 Å². The molecule has 1 aromatic heterocycles. The molecule has 10 heteroatoms. The molecule has 1 saturated heterocycles. The van der Waals surface area contributed by atoms with Crippen molar-refractivity contribution in [3.05, 3.63) is 82.0 Å². The van der Waals surface area contributed by atoms with E-state index in [1.165, 1.54) is 5.56 Å². The molecule has 2 aromatic carbocycles. The number of nitrogens with zero attached hydrogens (tertiary/aromatic N) is 3. The summed E-state index contributed by atoms with van der Waals surface area (Å²) in [7, 11) is 0. The molecule has 1 amide bonds. The molecule has 7 nitrogen and oxygen atoms in total. The summed E-state index contributed by atoms with van der Waals surface area (Å²) in [6, 6.07) is 17.5. The Labute approximate surface area is 232 Å². The normalized spacial score (nSPS) is 14.1. The largest absolute Gasteiger partial charge is 0.354 e. The van der Waals surface area contributed by atoms with Crippen LogP contribution in [0.3, 0.4) is 0 Å². The van der Waals surface area contributed by atoms with Gasteiger partial charge in [0.25, 0.3) is 5.91 Å². The summed E-state index contributed by atoms with van der Waals surface area (Å²) in [5.74, 6) is 0.740. The van der Waals surface area contributed by atoms with Gasteiger partial charge in [0.05, 0.1) is 10.0 Å². The molecule has 0 atom stereocenters. The Bertz CT molecular complexity index is 1150. The van der Waals surface area contributed by atoms with Gasteiger partial charge in [-0.1, -0.05) is 35.3 Å². The molecule has 2 heterocycles. The van der Waals surface area contributed by atoms with Gasteiger partial charge in [0.15, 0.2) is 0 Å². The van der Waals surface area contributed by atoms with Gasteiger partial charge in [-0.15, -0.1) is 0 Å². The van der Waals surface area contributed by atoms with Crippen LogP contribution in [0.4, 0.5) is 11.5 Å². The topological polar surface area (TPSA) is 86.5 Å². The maximum atomic E-state index is 12.7. The highest BCUT2D eigenvalue weighted by molar-refractivity contribution is 7.97. The van der Waals surface area contributed by atoms with Gasteiger partial charge in [-0.3, -0.25) is 4.79 Å². The fourth-order valence-electron chi connectivity index (χ4n) is 3.94. The molecule has 4 rings (SSSR count). The number of halogens is 2. The summed E-state index contributed by atoms with van der Waals surface area (Å²) in [6.07, 6.45) is 3.50. The average Bonchev–Trinajstić information content (AvgIpc) is 2.92. The smallest absolute Gasteiger partial charge is 0.255 e. The molecule has 0 aliphatic carbocycles. The van der Waals surface area contributed by atoms with Crippen molar-refractivity contribution in [3.63, 3.8) is 0 Å². The number of aromatic nitrogens is 1. The van der Waals surface area contributed by atoms with Crippen LogP contribution in [0, 0.1) is 0 Å². The molecule has 0 spiro atoms. The van der Waals surface area contributed by atoms with Crippen molar-refractivity contribution in [1.29, 1.82) is 0 Å². The molecule has 0 unspecified atom stereocenters. The van der Waals surface area contributed by atoms with E-state index in [2.05, 4.69) is 24.8 Å². The van der Waals surface area contributed by atoms with E-state index in [-0.39, 0.29) is 5.91 Å². The molecular weight excluding hydrogens is 527 g/mol. The van der Waals surface area contributed by atoms with E-state index in [0.29, 0.717) is 22.2 Å². The summed E-state index contributed by atoms with van der Waals surface area (Å²) >= 11 is 13.8. The Kier molecular flexibility index (Phi) is 10.5. The minimum absolute atomic E-state index is 0.111. The predicted molar refractivity (Wildman–Crippen MR) is 155 cm³/mol.